The predicted molar refractivity (Wildman–Crippen MR) is 174 cm³/mol. The van der Waals surface area contributed by atoms with Crippen molar-refractivity contribution in [2.45, 2.75) is 42.9 Å². The topological polar surface area (TPSA) is 100 Å². The third-order valence-corrected chi connectivity index (χ3v) is 10.0. The van der Waals surface area contributed by atoms with Gasteiger partial charge in [0.2, 0.25) is 0 Å². The molecule has 4 aromatic carbocycles. The van der Waals surface area contributed by atoms with E-state index < -0.39 is 22.8 Å². The molecule has 2 aliphatic rings. The molecule has 2 heterocycles. The largest absolute Gasteiger partial charge is 0.481 e. The fourth-order valence-electron chi connectivity index (χ4n) is 8.13. The first-order valence-electron chi connectivity index (χ1n) is 15.3. The van der Waals surface area contributed by atoms with Crippen LogP contribution in [0.5, 0.6) is 0 Å². The first-order valence-corrected chi connectivity index (χ1v) is 15.3. The van der Waals surface area contributed by atoms with E-state index >= 15 is 0 Å². The Bertz CT molecular complexity index is 2040. The zero-order valence-corrected chi connectivity index (χ0v) is 24.5. The Hall–Kier alpha value is -5.36. The average molecular weight is 591 g/mol. The Kier molecular flexibility index (Phi) is 6.10. The van der Waals surface area contributed by atoms with Crippen molar-refractivity contribution < 1.29 is 19.8 Å². The number of aromatic nitrogens is 2. The van der Waals surface area contributed by atoms with Crippen LogP contribution in [0.1, 0.15) is 54.4 Å². The number of nitrogens with zero attached hydrogens (tertiary/aromatic N) is 2. The van der Waals surface area contributed by atoms with Crippen molar-refractivity contribution in [3.63, 3.8) is 0 Å². The van der Waals surface area contributed by atoms with Gasteiger partial charge in [0.1, 0.15) is 0 Å². The molecule has 0 saturated heterocycles. The Labute approximate surface area is 260 Å². The highest BCUT2D eigenvalue weighted by molar-refractivity contribution is 5.91. The third-order valence-electron chi connectivity index (χ3n) is 10.0. The van der Waals surface area contributed by atoms with E-state index in [1.54, 1.807) is 0 Å². The molecular weight excluding hydrogens is 560 g/mol. The smallest absolute Gasteiger partial charge is 0.303 e. The van der Waals surface area contributed by atoms with Crippen LogP contribution in [0.4, 0.5) is 0 Å². The zero-order chi connectivity index (χ0) is 30.8. The fraction of sp³-hybridized carbons (Fsp3) is 0.179. The summed E-state index contributed by atoms with van der Waals surface area (Å²) >= 11 is 0. The van der Waals surface area contributed by atoms with Gasteiger partial charge in [-0.15, -0.1) is 0 Å². The summed E-state index contributed by atoms with van der Waals surface area (Å²) in [6.45, 7) is 0. The van der Waals surface area contributed by atoms with Crippen LogP contribution in [-0.2, 0) is 20.4 Å². The van der Waals surface area contributed by atoms with Crippen LogP contribution < -0.4 is 0 Å². The van der Waals surface area contributed by atoms with Gasteiger partial charge in [0.15, 0.2) is 0 Å². The number of hydrogen-bond acceptors (Lipinski definition) is 4. The van der Waals surface area contributed by atoms with Gasteiger partial charge in [0.25, 0.3) is 0 Å². The number of fused-ring (bicyclic) bond motifs is 8. The minimum absolute atomic E-state index is 0.0416. The van der Waals surface area contributed by atoms with Crippen LogP contribution in [0.3, 0.4) is 0 Å². The van der Waals surface area contributed by atoms with Gasteiger partial charge in [-0.2, -0.15) is 0 Å². The van der Waals surface area contributed by atoms with Gasteiger partial charge in [-0.3, -0.25) is 9.59 Å². The molecule has 0 bridgehead atoms. The van der Waals surface area contributed by atoms with Gasteiger partial charge in [0.05, 0.1) is 22.4 Å². The lowest BCUT2D eigenvalue weighted by molar-refractivity contribution is -0.138. The fourth-order valence-corrected chi connectivity index (χ4v) is 8.13. The molecule has 2 atom stereocenters. The molecule has 0 fully saturated rings. The second-order valence-corrected chi connectivity index (χ2v) is 12.4. The summed E-state index contributed by atoms with van der Waals surface area (Å²) in [7, 11) is 0. The monoisotopic (exact) mass is 590 g/mol. The molecule has 2 unspecified atom stereocenters. The maximum atomic E-state index is 12.3. The van der Waals surface area contributed by atoms with Crippen molar-refractivity contribution in [1.82, 2.24) is 9.97 Å². The van der Waals surface area contributed by atoms with E-state index in [4.69, 9.17) is 9.97 Å². The summed E-state index contributed by atoms with van der Waals surface area (Å²) in [5.74, 6) is -1.73. The van der Waals surface area contributed by atoms with Crippen LogP contribution in [0.15, 0.2) is 109 Å². The summed E-state index contributed by atoms with van der Waals surface area (Å²) in [6, 6.07) is 36.8. The van der Waals surface area contributed by atoms with E-state index in [0.29, 0.717) is 19.3 Å². The molecule has 45 heavy (non-hydrogen) atoms. The van der Waals surface area contributed by atoms with Gasteiger partial charge in [0, 0.05) is 45.6 Å². The van der Waals surface area contributed by atoms with Crippen LogP contribution in [-0.4, -0.2) is 32.1 Å². The Morgan fingerprint density at radius 2 is 0.933 bits per heavy atom. The zero-order valence-electron chi connectivity index (χ0n) is 24.5. The molecule has 0 saturated carbocycles. The summed E-state index contributed by atoms with van der Waals surface area (Å²) in [5, 5.41) is 22.2. The van der Waals surface area contributed by atoms with Gasteiger partial charge >= 0.3 is 11.9 Å². The highest BCUT2D eigenvalue weighted by Crippen LogP contribution is 2.62. The molecular formula is C39H30N2O4. The average Bonchev–Trinajstić information content (AvgIpc) is 3.47. The van der Waals surface area contributed by atoms with Gasteiger partial charge in [-0.25, -0.2) is 9.97 Å². The summed E-state index contributed by atoms with van der Waals surface area (Å²) in [6.07, 6.45) is 1.09. The van der Waals surface area contributed by atoms with E-state index in [9.17, 15) is 19.8 Å². The number of aliphatic carboxylic acids is 2. The number of hydrogen-bond donors (Lipinski definition) is 2. The van der Waals surface area contributed by atoms with Crippen molar-refractivity contribution in [3.8, 4) is 22.5 Å². The van der Waals surface area contributed by atoms with E-state index in [-0.39, 0.29) is 12.8 Å². The first kappa shape index (κ1) is 27.2. The maximum absolute atomic E-state index is 12.3. The van der Waals surface area contributed by atoms with Crippen molar-refractivity contribution in [3.05, 3.63) is 131 Å². The van der Waals surface area contributed by atoms with E-state index in [1.165, 1.54) is 0 Å². The minimum Gasteiger partial charge on any atom is -0.481 e. The summed E-state index contributed by atoms with van der Waals surface area (Å²) in [4.78, 5) is 34.9. The van der Waals surface area contributed by atoms with Crippen molar-refractivity contribution >= 4 is 33.7 Å². The number of carbonyl (C=O) groups is 2. The lowest BCUT2D eigenvalue weighted by atomic mass is 9.60. The molecule has 6 nitrogen and oxygen atoms in total. The number of rotatable bonds is 8. The van der Waals surface area contributed by atoms with E-state index in [2.05, 4.69) is 36.4 Å². The molecule has 0 spiro atoms. The molecule has 2 aromatic heterocycles. The Morgan fingerprint density at radius 3 is 1.38 bits per heavy atom. The van der Waals surface area contributed by atoms with Crippen molar-refractivity contribution in [2.24, 2.45) is 0 Å². The van der Waals surface area contributed by atoms with Crippen LogP contribution in [0, 0.1) is 0 Å². The molecule has 2 N–H and O–H groups in total. The van der Waals surface area contributed by atoms with Gasteiger partial charge in [-0.05, 0) is 65.8 Å². The van der Waals surface area contributed by atoms with Crippen LogP contribution in [0.2, 0.25) is 0 Å². The molecule has 0 aliphatic heterocycles. The quantitative estimate of drug-likeness (QED) is 0.186. The lowest BCUT2D eigenvalue weighted by Crippen LogP contribution is -2.38. The first-order chi connectivity index (χ1) is 21.9. The maximum Gasteiger partial charge on any atom is 0.303 e. The molecule has 8 rings (SSSR count). The second kappa shape index (κ2) is 10.1. The van der Waals surface area contributed by atoms with Gasteiger partial charge < -0.3 is 10.2 Å². The molecule has 6 heteroatoms. The Balaban J connectivity index is 1.45. The summed E-state index contributed by atoms with van der Waals surface area (Å²) < 4.78 is 0. The number of para-hydroxylation sites is 2. The SMILES string of the molecule is O=C(O)CCC1(CC2(CCC(=O)O)c3ccccc3-c3nc4ccccc4cc32)c2ccccc2-c2nc3ccccc3cc21. The minimum atomic E-state index is -0.867. The molecule has 2 aliphatic carbocycles. The predicted octanol–water partition coefficient (Wildman–Crippen LogP) is 8.14. The van der Waals surface area contributed by atoms with Crippen molar-refractivity contribution in [1.29, 1.82) is 0 Å². The lowest BCUT2D eigenvalue weighted by Gasteiger charge is -2.42. The second-order valence-electron chi connectivity index (χ2n) is 12.4. The van der Waals surface area contributed by atoms with E-state index in [1.807, 2.05) is 72.8 Å². The highest BCUT2D eigenvalue weighted by atomic mass is 16.4. The Morgan fingerprint density at radius 1 is 0.533 bits per heavy atom. The molecule has 0 amide bonds. The number of carboxylic acid groups (broad SMARTS) is 2. The number of benzene rings is 4. The normalized spacial score (nSPS) is 19.2. The molecule has 220 valence electrons. The van der Waals surface area contributed by atoms with Crippen LogP contribution >= 0.6 is 0 Å². The standard InChI is InChI=1S/C39H30N2O4/c42-34(43)17-19-38(28-13-5-3-11-26(28)36-30(38)21-24-9-1-7-15-32(24)40-36)23-39(20-18-35(44)45)29-14-6-4-12-27(29)37-31(39)22-25-10-2-8-16-33(25)41-37/h1-16,21-22H,17-20,23H2,(H,42,43)(H,44,45). The summed E-state index contributed by atoms with van der Waals surface area (Å²) in [5.41, 5.74) is 8.08. The highest BCUT2D eigenvalue weighted by Gasteiger charge is 2.54. The molecule has 0 radical (unpaired) electrons. The third kappa shape index (κ3) is 4.09. The van der Waals surface area contributed by atoms with Gasteiger partial charge in [-0.1, -0.05) is 84.9 Å². The van der Waals surface area contributed by atoms with Crippen molar-refractivity contribution in [2.75, 3.05) is 0 Å². The number of carboxylic acids is 2. The molecule has 6 aromatic rings. The van der Waals surface area contributed by atoms with E-state index in [0.717, 1.165) is 66.6 Å². The number of pyridine rings is 2. The van der Waals surface area contributed by atoms with Crippen LogP contribution in [0.25, 0.3) is 44.3 Å².